The number of ether oxygens (including phenoxy) is 2. The molecule has 1 aromatic rings. The van der Waals surface area contributed by atoms with Crippen LogP contribution in [0.25, 0.3) is 0 Å². The number of nitrogens with zero attached hydrogens (tertiary/aromatic N) is 3. The highest BCUT2D eigenvalue weighted by Gasteiger charge is 2.33. The molecule has 9 heteroatoms. The van der Waals surface area contributed by atoms with Crippen molar-refractivity contribution in [1.29, 1.82) is 0 Å². The fourth-order valence-corrected chi connectivity index (χ4v) is 4.20. The number of nitrogens with one attached hydrogen (secondary N) is 1. The average molecular weight is 431 g/mol. The first-order valence-electron chi connectivity index (χ1n) is 10.9. The molecule has 3 aliphatic rings. The third kappa shape index (κ3) is 5.03. The van der Waals surface area contributed by atoms with Crippen LogP contribution in [-0.4, -0.2) is 57.3 Å². The minimum absolute atomic E-state index is 0.153. The zero-order chi connectivity index (χ0) is 21.8. The summed E-state index contributed by atoms with van der Waals surface area (Å²) in [6.45, 7) is 3.05. The zero-order valence-corrected chi connectivity index (χ0v) is 18.1. The summed E-state index contributed by atoms with van der Waals surface area (Å²) in [6, 6.07) is 5.58. The molecule has 0 bridgehead atoms. The lowest BCUT2D eigenvalue weighted by Crippen LogP contribution is -2.36. The fourth-order valence-electron chi connectivity index (χ4n) is 4.20. The number of cyclic esters (lactones) is 1. The van der Waals surface area contributed by atoms with Gasteiger partial charge in [-0.2, -0.15) is 0 Å². The summed E-state index contributed by atoms with van der Waals surface area (Å²) in [4.78, 5) is 32.5. The topological polar surface area (TPSA) is 92.7 Å². The van der Waals surface area contributed by atoms with Crippen molar-refractivity contribution in [2.24, 2.45) is 11.1 Å². The Morgan fingerprint density at radius 2 is 2.10 bits per heavy atom. The molecule has 2 fully saturated rings. The molecule has 2 heterocycles. The lowest BCUT2D eigenvalue weighted by Gasteiger charge is -2.29. The Balaban J connectivity index is 1.38. The number of oxime groups is 1. The van der Waals surface area contributed by atoms with Crippen molar-refractivity contribution in [3.63, 3.8) is 0 Å². The molecule has 0 aromatic heterocycles. The second kappa shape index (κ2) is 9.45. The van der Waals surface area contributed by atoms with Gasteiger partial charge in [-0.3, -0.25) is 9.69 Å². The van der Waals surface area contributed by atoms with Gasteiger partial charge in [0.2, 0.25) is 5.91 Å². The number of amides is 2. The molecular weight excluding hydrogens is 400 g/mol. The van der Waals surface area contributed by atoms with E-state index in [0.717, 1.165) is 5.69 Å². The quantitative estimate of drug-likeness (QED) is 0.698. The van der Waals surface area contributed by atoms with Crippen molar-refractivity contribution in [2.45, 2.75) is 45.1 Å². The first-order valence-corrected chi connectivity index (χ1v) is 10.9. The number of hydrogen-bond donors (Lipinski definition) is 1. The highest BCUT2D eigenvalue weighted by Crippen LogP contribution is 2.36. The van der Waals surface area contributed by atoms with Gasteiger partial charge < -0.3 is 24.5 Å². The van der Waals surface area contributed by atoms with Crippen molar-refractivity contribution < 1.29 is 23.9 Å². The summed E-state index contributed by atoms with van der Waals surface area (Å²) < 4.78 is 11.2. The van der Waals surface area contributed by atoms with Gasteiger partial charge in [0.05, 0.1) is 24.5 Å². The van der Waals surface area contributed by atoms with Crippen LogP contribution < -0.4 is 19.9 Å². The van der Waals surface area contributed by atoms with Crippen molar-refractivity contribution in [3.8, 4) is 5.75 Å². The van der Waals surface area contributed by atoms with Crippen LogP contribution in [0.3, 0.4) is 0 Å². The second-order valence-corrected chi connectivity index (χ2v) is 8.36. The zero-order valence-electron chi connectivity index (χ0n) is 18.1. The Kier molecular flexibility index (Phi) is 6.48. The molecule has 1 saturated heterocycles. The monoisotopic (exact) mass is 430 g/mol. The summed E-state index contributed by atoms with van der Waals surface area (Å²) in [5, 5.41) is 6.99. The number of amidine groups is 1. The molecule has 31 heavy (non-hydrogen) atoms. The van der Waals surface area contributed by atoms with E-state index in [2.05, 4.69) is 10.5 Å². The van der Waals surface area contributed by atoms with Crippen molar-refractivity contribution in [2.75, 3.05) is 43.2 Å². The normalized spacial score (nSPS) is 22.7. The first kappa shape index (κ1) is 21.3. The molecule has 2 aliphatic heterocycles. The molecule has 1 aliphatic carbocycles. The minimum Gasteiger partial charge on any atom is -0.483 e. The average Bonchev–Trinajstić information content (AvgIpc) is 3.15. The van der Waals surface area contributed by atoms with E-state index in [1.807, 2.05) is 30.1 Å². The number of benzene rings is 1. The van der Waals surface area contributed by atoms with Crippen LogP contribution in [0.15, 0.2) is 23.4 Å². The highest BCUT2D eigenvalue weighted by atomic mass is 16.6. The maximum absolute atomic E-state index is 12.3. The van der Waals surface area contributed by atoms with E-state index in [9.17, 15) is 9.59 Å². The van der Waals surface area contributed by atoms with Crippen LogP contribution in [0.5, 0.6) is 5.75 Å². The number of rotatable bonds is 6. The molecule has 4 rings (SSSR count). The number of likely N-dealkylation sites (N-methyl/N-ethyl adjacent to an activating group) is 1. The van der Waals surface area contributed by atoms with Crippen LogP contribution in [0, 0.1) is 5.92 Å². The van der Waals surface area contributed by atoms with Crippen LogP contribution >= 0.6 is 0 Å². The minimum atomic E-state index is -0.433. The molecule has 1 N–H and O–H groups in total. The van der Waals surface area contributed by atoms with Gasteiger partial charge in [0.1, 0.15) is 25.1 Å². The Morgan fingerprint density at radius 1 is 1.29 bits per heavy atom. The molecular formula is C22H30N4O5. The van der Waals surface area contributed by atoms with Gasteiger partial charge in [-0.15, -0.1) is 0 Å². The first-order chi connectivity index (χ1) is 15.0. The molecule has 168 valence electrons. The summed E-state index contributed by atoms with van der Waals surface area (Å²) >= 11 is 0. The van der Waals surface area contributed by atoms with E-state index in [0.29, 0.717) is 49.5 Å². The van der Waals surface area contributed by atoms with Gasteiger partial charge in [-0.1, -0.05) is 24.4 Å². The predicted octanol–water partition coefficient (Wildman–Crippen LogP) is 2.89. The van der Waals surface area contributed by atoms with E-state index in [1.54, 1.807) is 4.90 Å². The lowest BCUT2D eigenvalue weighted by atomic mass is 9.90. The molecule has 1 aromatic carbocycles. The van der Waals surface area contributed by atoms with Crippen molar-refractivity contribution in [1.82, 2.24) is 5.32 Å². The number of carbonyl (C=O) groups is 2. The Hall–Kier alpha value is -2.97. The molecule has 1 atom stereocenters. The molecule has 0 spiro atoms. The molecule has 0 unspecified atom stereocenters. The smallest absolute Gasteiger partial charge is 0.414 e. The van der Waals surface area contributed by atoms with E-state index >= 15 is 0 Å². The lowest BCUT2D eigenvalue weighted by molar-refractivity contribution is -0.119. The van der Waals surface area contributed by atoms with Crippen molar-refractivity contribution in [3.05, 3.63) is 18.2 Å². The Labute approximate surface area is 182 Å². The van der Waals surface area contributed by atoms with E-state index in [-0.39, 0.29) is 12.0 Å². The standard InChI is InChI=1S/C22H30N4O5/c1-15(27)23-11-18-12-26(22(28)31-18)17-8-9-19-20(10-17)29-14-21(25(19)2)24-30-13-16-6-4-3-5-7-16/h8-10,16,18H,3-7,11-14H2,1-2H3,(H,23,27)/b24-21+/t18-/m0/s1. The van der Waals surface area contributed by atoms with Crippen molar-refractivity contribution >= 4 is 29.2 Å². The number of fused-ring (bicyclic) bond motifs is 1. The highest BCUT2D eigenvalue weighted by molar-refractivity contribution is 6.01. The second-order valence-electron chi connectivity index (χ2n) is 8.36. The molecule has 0 radical (unpaired) electrons. The van der Waals surface area contributed by atoms with E-state index in [4.69, 9.17) is 14.3 Å². The number of carbonyl (C=O) groups excluding carboxylic acids is 2. The number of anilines is 2. The fraction of sp³-hybridized carbons (Fsp3) is 0.591. The van der Waals surface area contributed by atoms with Gasteiger partial charge in [0.15, 0.2) is 5.84 Å². The Morgan fingerprint density at radius 3 is 2.87 bits per heavy atom. The van der Waals surface area contributed by atoms with E-state index < -0.39 is 6.09 Å². The summed E-state index contributed by atoms with van der Waals surface area (Å²) in [6.07, 6.45) is 5.50. The van der Waals surface area contributed by atoms with Crippen LogP contribution in [-0.2, 0) is 14.4 Å². The predicted molar refractivity (Wildman–Crippen MR) is 117 cm³/mol. The van der Waals surface area contributed by atoms with Crippen LogP contribution in [0.2, 0.25) is 0 Å². The van der Waals surface area contributed by atoms with Gasteiger partial charge in [0, 0.05) is 20.0 Å². The molecule has 1 saturated carbocycles. The summed E-state index contributed by atoms with van der Waals surface area (Å²) in [5.41, 5.74) is 1.55. The van der Waals surface area contributed by atoms with E-state index in [1.165, 1.54) is 39.0 Å². The third-order valence-corrected chi connectivity index (χ3v) is 6.02. The van der Waals surface area contributed by atoms with Gasteiger partial charge in [0.25, 0.3) is 0 Å². The van der Waals surface area contributed by atoms with Gasteiger partial charge in [-0.05, 0) is 30.9 Å². The maximum atomic E-state index is 12.3. The van der Waals surface area contributed by atoms with Gasteiger partial charge >= 0.3 is 6.09 Å². The van der Waals surface area contributed by atoms with Crippen LogP contribution in [0.4, 0.5) is 16.2 Å². The largest absolute Gasteiger partial charge is 0.483 e. The Bertz CT molecular complexity index is 852. The third-order valence-electron chi connectivity index (χ3n) is 6.02. The maximum Gasteiger partial charge on any atom is 0.414 e. The summed E-state index contributed by atoms with van der Waals surface area (Å²) in [7, 11) is 1.93. The molecule has 2 amide bonds. The number of hydrogen-bond acceptors (Lipinski definition) is 6. The van der Waals surface area contributed by atoms with Crippen LogP contribution in [0.1, 0.15) is 39.0 Å². The van der Waals surface area contributed by atoms with Gasteiger partial charge in [-0.25, -0.2) is 4.79 Å². The SMILES string of the molecule is CC(=O)NC[C@H]1CN(c2ccc3c(c2)OC/C(=N\OCC2CCCCC2)N3C)C(=O)O1. The summed E-state index contributed by atoms with van der Waals surface area (Å²) in [5.74, 6) is 1.83. The molecule has 9 nitrogen and oxygen atoms in total.